The lowest BCUT2D eigenvalue weighted by Crippen LogP contribution is -1.95. The summed E-state index contributed by atoms with van der Waals surface area (Å²) in [6.45, 7) is 1.49. The van der Waals surface area contributed by atoms with Gasteiger partial charge in [0.1, 0.15) is 0 Å². The Bertz CT molecular complexity index is 289. The smallest absolute Gasteiger partial charge is 0.0716 e. The molecular weight excluding hydrogens is 188 g/mol. The number of rotatable bonds is 7. The van der Waals surface area contributed by atoms with Crippen LogP contribution in [0.3, 0.4) is 0 Å². The summed E-state index contributed by atoms with van der Waals surface area (Å²) in [5.74, 6) is 0. The van der Waals surface area contributed by atoms with E-state index >= 15 is 0 Å². The van der Waals surface area contributed by atoms with Crippen molar-refractivity contribution < 1.29 is 4.74 Å². The highest BCUT2D eigenvalue weighted by atomic mass is 16.5. The van der Waals surface area contributed by atoms with Gasteiger partial charge >= 0.3 is 0 Å². The van der Waals surface area contributed by atoms with Gasteiger partial charge in [-0.2, -0.15) is 5.26 Å². The van der Waals surface area contributed by atoms with E-state index in [-0.39, 0.29) is 0 Å². The Balaban J connectivity index is 1.96. The van der Waals surface area contributed by atoms with Crippen LogP contribution in [0.15, 0.2) is 30.3 Å². The lowest BCUT2D eigenvalue weighted by molar-refractivity contribution is 0.117. The molecule has 0 saturated carbocycles. The first-order valence-electron chi connectivity index (χ1n) is 5.42. The molecule has 0 aliphatic carbocycles. The minimum Gasteiger partial charge on any atom is -0.377 e. The van der Waals surface area contributed by atoms with Crippen molar-refractivity contribution in [2.75, 3.05) is 6.61 Å². The molecule has 0 unspecified atom stereocenters. The number of benzene rings is 1. The van der Waals surface area contributed by atoms with E-state index in [1.807, 2.05) is 18.2 Å². The molecule has 0 N–H and O–H groups in total. The number of hydrogen-bond donors (Lipinski definition) is 0. The average molecular weight is 205 g/mol. The minimum atomic E-state index is 0.665. The molecule has 0 aromatic heterocycles. The van der Waals surface area contributed by atoms with Crippen LogP contribution in [0.25, 0.3) is 0 Å². The second-order valence-corrected chi connectivity index (χ2v) is 3.51. The molecular formula is C13H17NO. The fourth-order valence-corrected chi connectivity index (χ4v) is 1.35. The van der Waals surface area contributed by atoms with E-state index in [0.717, 1.165) is 25.9 Å². The predicted octanol–water partition coefficient (Wildman–Crippen LogP) is 3.29. The van der Waals surface area contributed by atoms with Crippen molar-refractivity contribution in [3.8, 4) is 6.07 Å². The van der Waals surface area contributed by atoms with E-state index in [9.17, 15) is 0 Å². The first kappa shape index (κ1) is 11.7. The molecule has 1 rings (SSSR count). The maximum Gasteiger partial charge on any atom is 0.0716 e. The second kappa shape index (κ2) is 8.02. The van der Waals surface area contributed by atoms with Crippen molar-refractivity contribution >= 4 is 0 Å². The van der Waals surface area contributed by atoms with E-state index in [1.165, 1.54) is 5.56 Å². The van der Waals surface area contributed by atoms with Crippen LogP contribution in [-0.2, 0) is 11.3 Å². The molecule has 1 aromatic carbocycles. The third kappa shape index (κ3) is 5.87. The maximum atomic E-state index is 8.34. The van der Waals surface area contributed by atoms with Crippen LogP contribution in [0.4, 0.5) is 0 Å². The van der Waals surface area contributed by atoms with Gasteiger partial charge < -0.3 is 4.74 Å². The van der Waals surface area contributed by atoms with E-state index < -0.39 is 0 Å². The van der Waals surface area contributed by atoms with Gasteiger partial charge in [-0.25, -0.2) is 0 Å². The van der Waals surface area contributed by atoms with Gasteiger partial charge in [0.15, 0.2) is 0 Å². The quantitative estimate of drug-likeness (QED) is 0.640. The molecule has 1 aromatic rings. The number of nitriles is 1. The molecule has 0 spiro atoms. The molecule has 0 aliphatic rings. The van der Waals surface area contributed by atoms with Gasteiger partial charge in [-0.05, 0) is 18.4 Å². The van der Waals surface area contributed by atoms with E-state index in [0.29, 0.717) is 13.0 Å². The van der Waals surface area contributed by atoms with E-state index in [1.54, 1.807) is 0 Å². The topological polar surface area (TPSA) is 33.0 Å². The number of unbranched alkanes of at least 4 members (excludes halogenated alkanes) is 3. The van der Waals surface area contributed by atoms with Gasteiger partial charge in [0, 0.05) is 13.0 Å². The molecule has 0 saturated heterocycles. The largest absolute Gasteiger partial charge is 0.377 e. The number of nitrogens with zero attached hydrogens (tertiary/aromatic N) is 1. The summed E-state index contributed by atoms with van der Waals surface area (Å²) in [5.41, 5.74) is 1.22. The van der Waals surface area contributed by atoms with Crippen LogP contribution in [0.2, 0.25) is 0 Å². The molecule has 80 valence electrons. The lowest BCUT2D eigenvalue weighted by atomic mass is 10.2. The van der Waals surface area contributed by atoms with Gasteiger partial charge in [-0.3, -0.25) is 0 Å². The van der Waals surface area contributed by atoms with Crippen molar-refractivity contribution in [2.45, 2.75) is 32.3 Å². The average Bonchev–Trinajstić information content (AvgIpc) is 2.29. The molecule has 15 heavy (non-hydrogen) atoms. The SMILES string of the molecule is N#[14C]CCCCCOCc1ccccc1. The van der Waals surface area contributed by atoms with Crippen LogP contribution in [0, 0.1) is 11.3 Å². The van der Waals surface area contributed by atoms with Gasteiger partial charge in [0.2, 0.25) is 0 Å². The van der Waals surface area contributed by atoms with Crippen molar-refractivity contribution in [3.63, 3.8) is 0 Å². The van der Waals surface area contributed by atoms with Crippen LogP contribution in [0.5, 0.6) is 0 Å². The Morgan fingerprint density at radius 3 is 2.60 bits per heavy atom. The third-order valence-electron chi connectivity index (χ3n) is 2.19. The zero-order valence-corrected chi connectivity index (χ0v) is 8.98. The summed E-state index contributed by atoms with van der Waals surface area (Å²) in [6, 6.07) is 12.3. The van der Waals surface area contributed by atoms with Crippen molar-refractivity contribution in [1.82, 2.24) is 0 Å². The predicted molar refractivity (Wildman–Crippen MR) is 60.2 cm³/mol. The second-order valence-electron chi connectivity index (χ2n) is 3.51. The number of ether oxygens (including phenoxy) is 1. The molecule has 2 heteroatoms. The van der Waals surface area contributed by atoms with Gasteiger partial charge in [0.05, 0.1) is 12.7 Å². The van der Waals surface area contributed by atoms with Crippen LogP contribution < -0.4 is 0 Å². The number of hydrogen-bond acceptors (Lipinski definition) is 2. The highest BCUT2D eigenvalue weighted by Crippen LogP contribution is 2.03. The summed E-state index contributed by atoms with van der Waals surface area (Å²) < 4.78 is 5.52. The standard InChI is InChI=1S/C13H17NO/c14-10-6-1-2-7-11-15-12-13-8-4-3-5-9-13/h3-5,8-9H,1-2,6-7,11-12H2/i10+2. The first-order chi connectivity index (χ1) is 7.43. The zero-order chi connectivity index (χ0) is 10.8. The Morgan fingerprint density at radius 2 is 1.87 bits per heavy atom. The summed E-state index contributed by atoms with van der Waals surface area (Å²) in [5, 5.41) is 8.34. The Kier molecular flexibility index (Phi) is 6.28. The highest BCUT2D eigenvalue weighted by molar-refractivity contribution is 5.13. The Hall–Kier alpha value is -1.33. The van der Waals surface area contributed by atoms with Crippen molar-refractivity contribution in [3.05, 3.63) is 35.9 Å². The van der Waals surface area contributed by atoms with E-state index in [2.05, 4.69) is 18.2 Å². The van der Waals surface area contributed by atoms with Gasteiger partial charge in [-0.1, -0.05) is 36.8 Å². The molecule has 2 nitrogen and oxygen atoms in total. The Labute approximate surface area is 91.5 Å². The van der Waals surface area contributed by atoms with Crippen molar-refractivity contribution in [1.29, 1.82) is 5.26 Å². The molecule has 0 fully saturated rings. The maximum absolute atomic E-state index is 8.34. The zero-order valence-electron chi connectivity index (χ0n) is 8.98. The molecule has 0 bridgehead atoms. The molecule has 0 radical (unpaired) electrons. The minimum absolute atomic E-state index is 0.665. The monoisotopic (exact) mass is 205 g/mol. The summed E-state index contributed by atoms with van der Waals surface area (Å²) in [4.78, 5) is 0. The van der Waals surface area contributed by atoms with Crippen LogP contribution >= 0.6 is 0 Å². The summed E-state index contributed by atoms with van der Waals surface area (Å²) >= 11 is 0. The molecule has 0 amide bonds. The van der Waals surface area contributed by atoms with E-state index in [4.69, 9.17) is 10.00 Å². The normalized spacial score (nSPS) is 9.80. The third-order valence-corrected chi connectivity index (χ3v) is 2.19. The molecule has 0 aliphatic heterocycles. The summed E-state index contributed by atoms with van der Waals surface area (Å²) in [6.07, 6.45) is 3.79. The van der Waals surface area contributed by atoms with Gasteiger partial charge in [-0.15, -0.1) is 0 Å². The lowest BCUT2D eigenvalue weighted by Gasteiger charge is -2.03. The first-order valence-corrected chi connectivity index (χ1v) is 5.42. The fourth-order valence-electron chi connectivity index (χ4n) is 1.35. The fraction of sp³-hybridized carbons (Fsp3) is 0.462. The van der Waals surface area contributed by atoms with Crippen LogP contribution in [0.1, 0.15) is 31.2 Å². The Morgan fingerprint density at radius 1 is 1.07 bits per heavy atom. The van der Waals surface area contributed by atoms with Crippen molar-refractivity contribution in [2.24, 2.45) is 0 Å². The summed E-state index contributed by atoms with van der Waals surface area (Å²) in [7, 11) is 0. The molecule has 0 atom stereocenters. The molecule has 0 heterocycles. The van der Waals surface area contributed by atoms with Gasteiger partial charge in [0.25, 0.3) is 0 Å². The van der Waals surface area contributed by atoms with Crippen LogP contribution in [-0.4, -0.2) is 6.61 Å². The highest BCUT2D eigenvalue weighted by Gasteiger charge is 1.92.